The van der Waals surface area contributed by atoms with Gasteiger partial charge >= 0.3 is 0 Å². The summed E-state index contributed by atoms with van der Waals surface area (Å²) in [5, 5.41) is 2.96. The quantitative estimate of drug-likeness (QED) is 0.714. The number of hydrogen-bond donors (Lipinski definition) is 0. The van der Waals surface area contributed by atoms with E-state index in [1.165, 1.54) is 47.4 Å². The van der Waals surface area contributed by atoms with Crippen molar-refractivity contribution >= 4 is 17.5 Å². The second-order valence-electron chi connectivity index (χ2n) is 5.55. The van der Waals surface area contributed by atoms with Gasteiger partial charge in [0.05, 0.1) is 10.8 Å². The molecule has 0 aromatic heterocycles. The predicted molar refractivity (Wildman–Crippen MR) is 77.2 cm³/mol. The lowest BCUT2D eigenvalue weighted by Crippen LogP contribution is -2.32. The monoisotopic (exact) mass is 240 g/mol. The van der Waals surface area contributed by atoms with E-state index in [1.54, 1.807) is 5.70 Å². The molecule has 0 saturated carbocycles. The summed E-state index contributed by atoms with van der Waals surface area (Å²) in [6.45, 7) is 6.93. The van der Waals surface area contributed by atoms with Gasteiger partial charge in [-0.15, -0.1) is 0 Å². The van der Waals surface area contributed by atoms with Crippen molar-refractivity contribution in [2.75, 3.05) is 0 Å². The van der Waals surface area contributed by atoms with Crippen LogP contribution >= 0.6 is 0 Å². The Morgan fingerprint density at radius 2 is 2.17 bits per heavy atom. The number of nitrogens with zero attached hydrogens (tertiary/aromatic N) is 1. The fraction of sp³-hybridized carbons (Fsp3) is 0.471. The molecule has 1 atom stereocenters. The molecule has 1 heterocycles. The molecule has 1 heteroatoms. The van der Waals surface area contributed by atoms with Gasteiger partial charge in [0.2, 0.25) is 0 Å². The number of benzene rings is 1. The summed E-state index contributed by atoms with van der Waals surface area (Å²) in [5.41, 5.74) is 4.49. The van der Waals surface area contributed by atoms with Crippen LogP contribution < -0.4 is 10.4 Å². The van der Waals surface area contributed by atoms with E-state index >= 15 is 0 Å². The van der Waals surface area contributed by atoms with Crippen molar-refractivity contribution in [2.45, 2.75) is 52.5 Å². The SMILES string of the molecule is CCCC(C)[N+]1=C(C)c2cccc3c2=C1CCC=3. The lowest BCUT2D eigenvalue weighted by Gasteiger charge is -2.12. The summed E-state index contributed by atoms with van der Waals surface area (Å²) < 4.78 is 2.60. The van der Waals surface area contributed by atoms with Crippen molar-refractivity contribution in [2.24, 2.45) is 0 Å². The third-order valence-corrected chi connectivity index (χ3v) is 4.32. The van der Waals surface area contributed by atoms with E-state index in [1.807, 2.05) is 0 Å². The van der Waals surface area contributed by atoms with Crippen molar-refractivity contribution in [3.05, 3.63) is 34.2 Å². The largest absolute Gasteiger partial charge is 0.196 e. The molecule has 0 N–H and O–H groups in total. The van der Waals surface area contributed by atoms with Crippen LogP contribution in [-0.2, 0) is 0 Å². The molecule has 1 nitrogen and oxygen atoms in total. The highest BCUT2D eigenvalue weighted by Gasteiger charge is 2.32. The molecule has 0 bridgehead atoms. The standard InChI is InChI=1S/C17H22N/c1-4-7-12(2)18-13(3)15-10-5-8-14-9-6-11-16(18)17(14)15/h5,8-10,12H,4,6-7,11H2,1-3H3/q+1. The average Bonchev–Trinajstić information content (AvgIpc) is 2.66. The molecular formula is C17H22N+. The Morgan fingerprint density at radius 1 is 1.33 bits per heavy atom. The van der Waals surface area contributed by atoms with Crippen LogP contribution in [-0.4, -0.2) is 16.3 Å². The van der Waals surface area contributed by atoms with E-state index in [2.05, 4.69) is 49.6 Å². The van der Waals surface area contributed by atoms with Crippen molar-refractivity contribution in [3.8, 4) is 0 Å². The first-order valence-electron chi connectivity index (χ1n) is 7.19. The highest BCUT2D eigenvalue weighted by Crippen LogP contribution is 2.21. The summed E-state index contributed by atoms with van der Waals surface area (Å²) in [7, 11) is 0. The van der Waals surface area contributed by atoms with Gasteiger partial charge in [-0.25, -0.2) is 0 Å². The second kappa shape index (κ2) is 4.38. The topological polar surface area (TPSA) is 3.01 Å². The lowest BCUT2D eigenvalue weighted by molar-refractivity contribution is -0.476. The molecule has 3 rings (SSSR count). The molecule has 18 heavy (non-hydrogen) atoms. The third-order valence-electron chi connectivity index (χ3n) is 4.32. The normalized spacial score (nSPS) is 18.7. The zero-order valence-corrected chi connectivity index (χ0v) is 11.7. The summed E-state index contributed by atoms with van der Waals surface area (Å²) in [4.78, 5) is 0. The summed E-state index contributed by atoms with van der Waals surface area (Å²) in [6, 6.07) is 7.37. The maximum absolute atomic E-state index is 2.60. The van der Waals surface area contributed by atoms with E-state index in [9.17, 15) is 0 Å². The number of hydrogen-bond acceptors (Lipinski definition) is 0. The second-order valence-corrected chi connectivity index (χ2v) is 5.55. The molecule has 1 aliphatic heterocycles. The molecule has 0 saturated heterocycles. The van der Waals surface area contributed by atoms with E-state index in [0.717, 1.165) is 0 Å². The Labute approximate surface area is 109 Å². The minimum atomic E-state index is 0.628. The maximum atomic E-state index is 2.60. The Kier molecular flexibility index (Phi) is 2.85. The van der Waals surface area contributed by atoms with Crippen LogP contribution in [0.25, 0.3) is 11.8 Å². The highest BCUT2D eigenvalue weighted by molar-refractivity contribution is 5.98. The van der Waals surface area contributed by atoms with Crippen LogP contribution in [0.1, 0.15) is 52.0 Å². The molecule has 0 fully saturated rings. The van der Waals surface area contributed by atoms with Crippen LogP contribution in [0.5, 0.6) is 0 Å². The van der Waals surface area contributed by atoms with Crippen molar-refractivity contribution in [1.82, 2.24) is 0 Å². The molecule has 2 aliphatic rings. The zero-order chi connectivity index (χ0) is 12.7. The van der Waals surface area contributed by atoms with Gasteiger partial charge in [-0.1, -0.05) is 25.1 Å². The molecule has 0 radical (unpaired) electrons. The van der Waals surface area contributed by atoms with Gasteiger partial charge < -0.3 is 0 Å². The van der Waals surface area contributed by atoms with Gasteiger partial charge in [0.1, 0.15) is 0 Å². The summed E-state index contributed by atoms with van der Waals surface area (Å²) >= 11 is 0. The molecular weight excluding hydrogens is 218 g/mol. The van der Waals surface area contributed by atoms with Gasteiger partial charge in [-0.3, -0.25) is 0 Å². The first kappa shape index (κ1) is 11.7. The van der Waals surface area contributed by atoms with Crippen molar-refractivity contribution < 1.29 is 4.58 Å². The highest BCUT2D eigenvalue weighted by atomic mass is 15.1. The van der Waals surface area contributed by atoms with Crippen LogP contribution in [0.2, 0.25) is 0 Å². The van der Waals surface area contributed by atoms with Gasteiger partial charge in [-0.2, -0.15) is 4.58 Å². The minimum absolute atomic E-state index is 0.628. The van der Waals surface area contributed by atoms with Crippen LogP contribution in [0.4, 0.5) is 0 Å². The Balaban J connectivity index is 2.24. The number of rotatable bonds is 3. The molecule has 1 unspecified atom stereocenters. The lowest BCUT2D eigenvalue weighted by atomic mass is 10.0. The van der Waals surface area contributed by atoms with Gasteiger partial charge in [0.25, 0.3) is 0 Å². The Hall–Kier alpha value is -1.37. The molecule has 1 aromatic rings. The van der Waals surface area contributed by atoms with E-state index in [-0.39, 0.29) is 0 Å². The molecule has 0 amide bonds. The average molecular weight is 240 g/mol. The van der Waals surface area contributed by atoms with Gasteiger partial charge in [-0.05, 0) is 31.1 Å². The Bertz CT molecular complexity index is 634. The summed E-state index contributed by atoms with van der Waals surface area (Å²) in [5.74, 6) is 0. The smallest absolute Gasteiger partial charge is 0.190 e. The zero-order valence-electron chi connectivity index (χ0n) is 11.7. The van der Waals surface area contributed by atoms with Gasteiger partial charge in [0.15, 0.2) is 17.5 Å². The van der Waals surface area contributed by atoms with E-state index in [4.69, 9.17) is 0 Å². The van der Waals surface area contributed by atoms with Crippen LogP contribution in [0, 0.1) is 0 Å². The van der Waals surface area contributed by atoms with Crippen molar-refractivity contribution in [1.29, 1.82) is 0 Å². The fourth-order valence-electron chi connectivity index (χ4n) is 3.57. The molecule has 1 aromatic carbocycles. The van der Waals surface area contributed by atoms with Crippen molar-refractivity contribution in [3.63, 3.8) is 0 Å². The third kappa shape index (κ3) is 1.57. The minimum Gasteiger partial charge on any atom is -0.196 e. The predicted octanol–water partition coefficient (Wildman–Crippen LogP) is 2.39. The van der Waals surface area contributed by atoms with E-state index in [0.29, 0.717) is 6.04 Å². The van der Waals surface area contributed by atoms with Crippen LogP contribution in [0.15, 0.2) is 18.2 Å². The van der Waals surface area contributed by atoms with Crippen LogP contribution in [0.3, 0.4) is 0 Å². The van der Waals surface area contributed by atoms with Gasteiger partial charge in [0, 0.05) is 19.8 Å². The first-order chi connectivity index (χ1) is 8.74. The maximum Gasteiger partial charge on any atom is 0.190 e. The first-order valence-corrected chi connectivity index (χ1v) is 7.19. The summed E-state index contributed by atoms with van der Waals surface area (Å²) in [6.07, 6.45) is 7.31. The molecule has 94 valence electrons. The fourth-order valence-corrected chi connectivity index (χ4v) is 3.57. The molecule has 1 aliphatic carbocycles. The Morgan fingerprint density at radius 3 is 2.94 bits per heavy atom. The van der Waals surface area contributed by atoms with E-state index < -0.39 is 0 Å². The molecule has 0 spiro atoms.